The van der Waals surface area contributed by atoms with Crippen molar-refractivity contribution in [3.05, 3.63) is 57.4 Å². The molecule has 2 heterocycles. The van der Waals surface area contributed by atoms with Crippen LogP contribution in [0.2, 0.25) is 0 Å². The number of hydrogen-bond donors (Lipinski definition) is 0. The Kier molecular flexibility index (Phi) is 4.25. The van der Waals surface area contributed by atoms with Crippen molar-refractivity contribution in [3.63, 3.8) is 0 Å². The normalized spacial score (nSPS) is 20.9. The summed E-state index contributed by atoms with van der Waals surface area (Å²) in [5.41, 5.74) is 4.32. The van der Waals surface area contributed by atoms with Crippen LogP contribution < -0.4 is 5.43 Å². The molecule has 1 aliphatic carbocycles. The first kappa shape index (κ1) is 18.0. The van der Waals surface area contributed by atoms with E-state index in [1.165, 1.54) is 24.0 Å². The number of benzene rings is 1. The topological polar surface area (TPSA) is 48.3 Å². The monoisotopic (exact) mass is 365 g/mol. The lowest BCUT2D eigenvalue weighted by Gasteiger charge is -2.43. The van der Waals surface area contributed by atoms with Gasteiger partial charge in [0.15, 0.2) is 5.43 Å². The van der Waals surface area contributed by atoms with Crippen molar-refractivity contribution in [2.75, 3.05) is 6.61 Å². The Morgan fingerprint density at radius 1 is 1.30 bits per heavy atom. The molecule has 0 saturated heterocycles. The molecule has 0 amide bonds. The molecule has 1 fully saturated rings. The molecule has 4 rings (SSSR count). The molecule has 2 aromatic rings. The minimum Gasteiger partial charge on any atom is -0.462 e. The van der Waals surface area contributed by atoms with Crippen molar-refractivity contribution in [2.45, 2.75) is 58.4 Å². The van der Waals surface area contributed by atoms with Crippen LogP contribution in [0.3, 0.4) is 0 Å². The Morgan fingerprint density at radius 3 is 2.67 bits per heavy atom. The van der Waals surface area contributed by atoms with E-state index in [2.05, 4.69) is 43.5 Å². The van der Waals surface area contributed by atoms with Crippen LogP contribution in [0.5, 0.6) is 0 Å². The van der Waals surface area contributed by atoms with Gasteiger partial charge in [0, 0.05) is 23.4 Å². The maximum atomic E-state index is 12.7. The third-order valence-corrected chi connectivity index (χ3v) is 6.35. The molecular weight excluding hydrogens is 338 g/mol. The van der Waals surface area contributed by atoms with Crippen LogP contribution in [0, 0.1) is 5.92 Å². The Bertz CT molecular complexity index is 968. The second-order valence-electron chi connectivity index (χ2n) is 8.41. The lowest BCUT2D eigenvalue weighted by molar-refractivity contribution is 0.0522. The fourth-order valence-corrected chi connectivity index (χ4v) is 4.14. The number of aromatic nitrogens is 1. The van der Waals surface area contributed by atoms with Crippen LogP contribution in [0.1, 0.15) is 67.9 Å². The fourth-order valence-electron chi connectivity index (χ4n) is 4.14. The maximum Gasteiger partial charge on any atom is 0.343 e. The minimum atomic E-state index is -0.540. The van der Waals surface area contributed by atoms with E-state index >= 15 is 0 Å². The van der Waals surface area contributed by atoms with Crippen LogP contribution >= 0.6 is 0 Å². The zero-order chi connectivity index (χ0) is 19.3. The van der Waals surface area contributed by atoms with E-state index in [1.807, 2.05) is 0 Å². The molecule has 1 saturated carbocycles. The van der Waals surface area contributed by atoms with E-state index in [-0.39, 0.29) is 23.1 Å². The van der Waals surface area contributed by atoms with Gasteiger partial charge in [-0.3, -0.25) is 4.79 Å². The highest BCUT2D eigenvalue weighted by atomic mass is 16.5. The quantitative estimate of drug-likeness (QED) is 0.750. The highest BCUT2D eigenvalue weighted by molar-refractivity contribution is 5.89. The van der Waals surface area contributed by atoms with Gasteiger partial charge in [0.1, 0.15) is 5.56 Å². The van der Waals surface area contributed by atoms with Gasteiger partial charge in [-0.1, -0.05) is 26.0 Å². The van der Waals surface area contributed by atoms with Crippen LogP contribution in [-0.4, -0.2) is 17.1 Å². The van der Waals surface area contributed by atoms with Gasteiger partial charge in [-0.25, -0.2) is 4.79 Å². The van der Waals surface area contributed by atoms with Crippen molar-refractivity contribution in [1.82, 2.24) is 4.57 Å². The molecule has 0 N–H and O–H groups in total. The Hall–Kier alpha value is -2.36. The molecule has 1 aliphatic heterocycles. The summed E-state index contributed by atoms with van der Waals surface area (Å²) in [5.74, 6) is 0.458. The summed E-state index contributed by atoms with van der Waals surface area (Å²) in [5, 5.41) is 0. The van der Waals surface area contributed by atoms with Crippen LogP contribution in [-0.2, 0) is 16.7 Å². The first-order valence-corrected chi connectivity index (χ1v) is 9.92. The number of pyridine rings is 1. The zero-order valence-corrected chi connectivity index (χ0v) is 16.5. The fraction of sp³-hybridized carbons (Fsp3) is 0.478. The molecule has 0 bridgehead atoms. The summed E-state index contributed by atoms with van der Waals surface area (Å²) < 4.78 is 7.25. The van der Waals surface area contributed by atoms with Gasteiger partial charge in [-0.2, -0.15) is 0 Å². The van der Waals surface area contributed by atoms with Crippen LogP contribution in [0.4, 0.5) is 0 Å². The number of rotatable bonds is 4. The van der Waals surface area contributed by atoms with Gasteiger partial charge in [0.2, 0.25) is 0 Å². The molecule has 2 aliphatic rings. The van der Waals surface area contributed by atoms with E-state index in [0.29, 0.717) is 11.8 Å². The van der Waals surface area contributed by atoms with Crippen LogP contribution in [0.15, 0.2) is 35.3 Å². The van der Waals surface area contributed by atoms with E-state index in [0.717, 1.165) is 17.7 Å². The molecule has 4 heteroatoms. The predicted octanol–water partition coefficient (Wildman–Crippen LogP) is 4.50. The summed E-state index contributed by atoms with van der Waals surface area (Å²) >= 11 is 0. The van der Waals surface area contributed by atoms with Crippen molar-refractivity contribution < 1.29 is 9.53 Å². The zero-order valence-electron chi connectivity index (χ0n) is 16.5. The molecule has 4 nitrogen and oxygen atoms in total. The Morgan fingerprint density at radius 2 is 2.04 bits per heavy atom. The molecule has 1 aromatic carbocycles. The number of ether oxygens (including phenoxy) is 1. The summed E-state index contributed by atoms with van der Waals surface area (Å²) in [4.78, 5) is 25.0. The number of carbonyl (C=O) groups is 1. The highest BCUT2D eigenvalue weighted by Crippen LogP contribution is 2.45. The molecule has 1 aromatic heterocycles. The third-order valence-electron chi connectivity index (χ3n) is 6.35. The van der Waals surface area contributed by atoms with Gasteiger partial charge in [0.05, 0.1) is 12.3 Å². The number of hydrogen-bond acceptors (Lipinski definition) is 3. The van der Waals surface area contributed by atoms with E-state index in [4.69, 9.17) is 4.74 Å². The number of fused-ring (bicyclic) bond motifs is 3. The van der Waals surface area contributed by atoms with Gasteiger partial charge in [-0.15, -0.1) is 0 Å². The van der Waals surface area contributed by atoms with Crippen molar-refractivity contribution in [1.29, 1.82) is 0 Å². The second kappa shape index (κ2) is 6.36. The van der Waals surface area contributed by atoms with Gasteiger partial charge in [-0.05, 0) is 62.1 Å². The molecule has 0 spiro atoms. The summed E-state index contributed by atoms with van der Waals surface area (Å²) in [6, 6.07) is 8.36. The lowest BCUT2D eigenvalue weighted by atomic mass is 9.76. The maximum absolute atomic E-state index is 12.7. The van der Waals surface area contributed by atoms with Gasteiger partial charge in [0.25, 0.3) is 0 Å². The minimum absolute atomic E-state index is 0.120. The van der Waals surface area contributed by atoms with Gasteiger partial charge >= 0.3 is 5.97 Å². The SMILES string of the molecule is CCOC(=O)c1cn2c(cc1=O)-c1cc(C3CC3)ccc1CC2(C)C(C)C. The van der Waals surface area contributed by atoms with Gasteiger partial charge < -0.3 is 9.30 Å². The Labute approximate surface area is 160 Å². The largest absolute Gasteiger partial charge is 0.462 e. The highest BCUT2D eigenvalue weighted by Gasteiger charge is 2.38. The molecule has 27 heavy (non-hydrogen) atoms. The first-order chi connectivity index (χ1) is 12.8. The van der Waals surface area contributed by atoms with E-state index in [1.54, 1.807) is 19.2 Å². The summed E-state index contributed by atoms with van der Waals surface area (Å²) in [7, 11) is 0. The van der Waals surface area contributed by atoms with Crippen molar-refractivity contribution in [3.8, 4) is 11.3 Å². The molecular formula is C23H27NO3. The van der Waals surface area contributed by atoms with Crippen LogP contribution in [0.25, 0.3) is 11.3 Å². The average Bonchev–Trinajstić information content (AvgIpc) is 3.46. The summed E-state index contributed by atoms with van der Waals surface area (Å²) in [6.45, 7) is 8.60. The molecule has 1 atom stereocenters. The standard InChI is InChI=1S/C23H27NO3/c1-5-27-22(26)19-13-24-20(11-21(19)25)18-10-16(15-6-7-15)8-9-17(18)12-23(24,4)14(2)3/h8-11,13-15H,5-7,12H2,1-4H3. The molecule has 142 valence electrons. The molecule has 1 unspecified atom stereocenters. The average molecular weight is 365 g/mol. The lowest BCUT2D eigenvalue weighted by Crippen LogP contribution is -2.42. The van der Waals surface area contributed by atoms with E-state index < -0.39 is 5.97 Å². The predicted molar refractivity (Wildman–Crippen MR) is 106 cm³/mol. The first-order valence-electron chi connectivity index (χ1n) is 9.92. The van der Waals surface area contributed by atoms with E-state index in [9.17, 15) is 9.59 Å². The smallest absolute Gasteiger partial charge is 0.343 e. The number of esters is 1. The third kappa shape index (κ3) is 2.91. The number of carbonyl (C=O) groups excluding carboxylic acids is 1. The second-order valence-corrected chi connectivity index (χ2v) is 8.41. The van der Waals surface area contributed by atoms with Crippen molar-refractivity contribution >= 4 is 5.97 Å². The summed E-state index contributed by atoms with van der Waals surface area (Å²) in [6.07, 6.45) is 5.10. The Balaban J connectivity index is 1.94. The molecule has 0 radical (unpaired) electrons. The number of nitrogens with zero attached hydrogens (tertiary/aromatic N) is 1. The van der Waals surface area contributed by atoms with Crippen molar-refractivity contribution in [2.24, 2.45) is 5.92 Å².